The molecule has 164 valence electrons. The number of benzene rings is 2. The van der Waals surface area contributed by atoms with E-state index in [1.165, 1.54) is 24.1 Å². The standard InChI is InChI=1S/C23H24BrFN2O4/c1-26(2)10-5-11-27-20(14-6-4-7-16(24)12-14)19(22(29)23(27)30)21(28)15-8-9-18(31-3)17(25)13-15/h4,6-9,12-13,20,28H,5,10-11H2,1-3H3/t20-/m0/s1. The second-order valence-corrected chi connectivity index (χ2v) is 8.47. The average molecular weight is 491 g/mol. The maximum atomic E-state index is 14.2. The van der Waals surface area contributed by atoms with Crippen LogP contribution in [0.3, 0.4) is 0 Å². The van der Waals surface area contributed by atoms with Crippen molar-refractivity contribution in [3.8, 4) is 5.75 Å². The van der Waals surface area contributed by atoms with Gasteiger partial charge in [-0.1, -0.05) is 28.1 Å². The van der Waals surface area contributed by atoms with Crippen molar-refractivity contribution in [2.45, 2.75) is 12.5 Å². The maximum absolute atomic E-state index is 14.2. The molecule has 3 rings (SSSR count). The van der Waals surface area contributed by atoms with Gasteiger partial charge in [-0.3, -0.25) is 9.59 Å². The SMILES string of the molecule is COc1ccc(C(O)=C2C(=O)C(=O)N(CCCN(C)C)[C@H]2c2cccc(Br)c2)cc1F. The molecule has 1 N–H and O–H groups in total. The summed E-state index contributed by atoms with van der Waals surface area (Å²) in [4.78, 5) is 29.3. The van der Waals surface area contributed by atoms with Crippen LogP contribution >= 0.6 is 15.9 Å². The number of carbonyl (C=O) groups is 2. The first-order valence-electron chi connectivity index (χ1n) is 9.77. The zero-order chi connectivity index (χ0) is 22.7. The minimum Gasteiger partial charge on any atom is -0.507 e. The van der Waals surface area contributed by atoms with Crippen molar-refractivity contribution in [3.63, 3.8) is 0 Å². The minimum atomic E-state index is -0.788. The first-order chi connectivity index (χ1) is 14.7. The van der Waals surface area contributed by atoms with Gasteiger partial charge in [0.05, 0.1) is 18.7 Å². The van der Waals surface area contributed by atoms with E-state index in [-0.39, 0.29) is 16.9 Å². The van der Waals surface area contributed by atoms with Crippen LogP contribution in [0.4, 0.5) is 4.39 Å². The third kappa shape index (κ3) is 4.80. The van der Waals surface area contributed by atoms with Crippen molar-refractivity contribution < 1.29 is 23.8 Å². The van der Waals surface area contributed by atoms with Gasteiger partial charge in [0.15, 0.2) is 11.6 Å². The second kappa shape index (κ2) is 9.62. The lowest BCUT2D eigenvalue weighted by molar-refractivity contribution is -0.139. The van der Waals surface area contributed by atoms with Crippen molar-refractivity contribution in [1.82, 2.24) is 9.80 Å². The maximum Gasteiger partial charge on any atom is 0.295 e. The molecule has 8 heteroatoms. The van der Waals surface area contributed by atoms with Crippen LogP contribution in [0.1, 0.15) is 23.6 Å². The summed E-state index contributed by atoms with van der Waals surface area (Å²) < 4.78 is 19.9. The Balaban J connectivity index is 2.11. The van der Waals surface area contributed by atoms with Gasteiger partial charge >= 0.3 is 0 Å². The molecule has 1 heterocycles. The zero-order valence-electron chi connectivity index (χ0n) is 17.6. The van der Waals surface area contributed by atoms with E-state index >= 15 is 0 Å². The third-order valence-corrected chi connectivity index (χ3v) is 5.63. The number of methoxy groups -OCH3 is 1. The van der Waals surface area contributed by atoms with Crippen molar-refractivity contribution >= 4 is 33.4 Å². The van der Waals surface area contributed by atoms with Crippen molar-refractivity contribution in [1.29, 1.82) is 0 Å². The van der Waals surface area contributed by atoms with E-state index < -0.39 is 29.3 Å². The molecule has 0 radical (unpaired) electrons. The molecule has 1 saturated heterocycles. The lowest BCUT2D eigenvalue weighted by Gasteiger charge is -2.26. The Morgan fingerprint density at radius 1 is 1.23 bits per heavy atom. The number of Topliss-reactive ketones (excluding diaryl/α,β-unsaturated/α-hetero) is 1. The summed E-state index contributed by atoms with van der Waals surface area (Å²) >= 11 is 3.42. The molecular formula is C23H24BrFN2O4. The van der Waals surface area contributed by atoms with E-state index in [9.17, 15) is 19.1 Å². The highest BCUT2D eigenvalue weighted by atomic mass is 79.9. The van der Waals surface area contributed by atoms with Crippen LogP contribution < -0.4 is 4.74 Å². The van der Waals surface area contributed by atoms with E-state index in [1.807, 2.05) is 25.1 Å². The van der Waals surface area contributed by atoms with Gasteiger partial charge in [-0.2, -0.15) is 0 Å². The molecule has 0 saturated carbocycles. The number of ether oxygens (including phenoxy) is 1. The monoisotopic (exact) mass is 490 g/mol. The fraction of sp³-hybridized carbons (Fsp3) is 0.304. The molecule has 1 amide bonds. The Kier molecular flexibility index (Phi) is 7.12. The van der Waals surface area contributed by atoms with Crippen LogP contribution in [0.25, 0.3) is 5.76 Å². The molecule has 2 aromatic rings. The van der Waals surface area contributed by atoms with E-state index in [2.05, 4.69) is 15.9 Å². The summed E-state index contributed by atoms with van der Waals surface area (Å²) in [6.45, 7) is 1.07. The molecule has 0 aromatic heterocycles. The quantitative estimate of drug-likeness (QED) is 0.361. The van der Waals surface area contributed by atoms with E-state index in [0.29, 0.717) is 18.5 Å². The van der Waals surface area contributed by atoms with Gasteiger partial charge in [-0.05, 0) is 63.0 Å². The number of hydrogen-bond donors (Lipinski definition) is 1. The Hall–Kier alpha value is -2.71. The van der Waals surface area contributed by atoms with Crippen molar-refractivity contribution in [2.75, 3.05) is 34.3 Å². The molecule has 6 nitrogen and oxygen atoms in total. The average Bonchev–Trinajstić information content (AvgIpc) is 2.98. The number of carbonyl (C=O) groups excluding carboxylic acids is 2. The predicted octanol–water partition coefficient (Wildman–Crippen LogP) is 3.97. The molecule has 1 atom stereocenters. The Bertz CT molecular complexity index is 1040. The van der Waals surface area contributed by atoms with Crippen molar-refractivity contribution in [3.05, 3.63) is 69.5 Å². The molecule has 0 aliphatic carbocycles. The summed E-state index contributed by atoms with van der Waals surface area (Å²) in [6, 6.07) is 10.4. The fourth-order valence-corrected chi connectivity index (χ4v) is 4.08. The molecule has 2 aromatic carbocycles. The Labute approximate surface area is 189 Å². The number of rotatable bonds is 7. The number of ketones is 1. The molecule has 1 aliphatic rings. The normalized spacial score (nSPS) is 18.1. The highest BCUT2D eigenvalue weighted by Gasteiger charge is 2.45. The molecular weight excluding hydrogens is 467 g/mol. The fourth-order valence-electron chi connectivity index (χ4n) is 3.66. The number of nitrogens with zero attached hydrogens (tertiary/aromatic N) is 2. The molecule has 1 fully saturated rings. The van der Waals surface area contributed by atoms with Crippen LogP contribution in [0.5, 0.6) is 5.75 Å². The van der Waals surface area contributed by atoms with Gasteiger partial charge in [0, 0.05) is 16.6 Å². The first-order valence-corrected chi connectivity index (χ1v) is 10.6. The Morgan fingerprint density at radius 3 is 2.58 bits per heavy atom. The van der Waals surface area contributed by atoms with Crippen LogP contribution in [0.2, 0.25) is 0 Å². The topological polar surface area (TPSA) is 70.1 Å². The van der Waals surface area contributed by atoms with E-state index in [1.54, 1.807) is 18.2 Å². The van der Waals surface area contributed by atoms with Crippen LogP contribution in [-0.2, 0) is 9.59 Å². The molecule has 0 unspecified atom stereocenters. The van der Waals surface area contributed by atoms with E-state index in [0.717, 1.165) is 17.1 Å². The van der Waals surface area contributed by atoms with Gasteiger partial charge in [-0.25, -0.2) is 4.39 Å². The lowest BCUT2D eigenvalue weighted by Crippen LogP contribution is -2.32. The van der Waals surface area contributed by atoms with Gasteiger partial charge < -0.3 is 19.6 Å². The smallest absolute Gasteiger partial charge is 0.295 e. The van der Waals surface area contributed by atoms with Crippen molar-refractivity contribution in [2.24, 2.45) is 0 Å². The Morgan fingerprint density at radius 2 is 1.97 bits per heavy atom. The first kappa shape index (κ1) is 23.0. The summed E-state index contributed by atoms with van der Waals surface area (Å²) in [6.07, 6.45) is 0.654. The second-order valence-electron chi connectivity index (χ2n) is 7.55. The lowest BCUT2D eigenvalue weighted by atomic mass is 9.95. The number of likely N-dealkylation sites (tertiary alicyclic amines) is 1. The third-order valence-electron chi connectivity index (χ3n) is 5.13. The predicted molar refractivity (Wildman–Crippen MR) is 119 cm³/mol. The minimum absolute atomic E-state index is 0.0178. The number of hydrogen-bond acceptors (Lipinski definition) is 5. The van der Waals surface area contributed by atoms with Gasteiger partial charge in [0.2, 0.25) is 0 Å². The summed E-state index contributed by atoms with van der Waals surface area (Å²) in [7, 11) is 5.20. The number of aliphatic hydroxyl groups excluding tert-OH is 1. The van der Waals surface area contributed by atoms with Crippen LogP contribution in [0, 0.1) is 5.82 Å². The molecule has 0 bridgehead atoms. The molecule has 0 spiro atoms. The molecule has 1 aliphatic heterocycles. The largest absolute Gasteiger partial charge is 0.507 e. The zero-order valence-corrected chi connectivity index (χ0v) is 19.1. The van der Waals surface area contributed by atoms with Gasteiger partial charge in [-0.15, -0.1) is 0 Å². The highest BCUT2D eigenvalue weighted by molar-refractivity contribution is 9.10. The van der Waals surface area contributed by atoms with Gasteiger partial charge in [0.1, 0.15) is 5.76 Å². The number of aliphatic hydroxyl groups is 1. The highest BCUT2D eigenvalue weighted by Crippen LogP contribution is 2.40. The number of halogens is 2. The van der Waals surface area contributed by atoms with Crippen LogP contribution in [-0.4, -0.2) is 60.9 Å². The van der Waals surface area contributed by atoms with E-state index in [4.69, 9.17) is 4.74 Å². The molecule has 31 heavy (non-hydrogen) atoms. The van der Waals surface area contributed by atoms with Gasteiger partial charge in [0.25, 0.3) is 11.7 Å². The summed E-state index contributed by atoms with van der Waals surface area (Å²) in [5.41, 5.74) is 0.719. The number of amides is 1. The summed E-state index contributed by atoms with van der Waals surface area (Å²) in [5, 5.41) is 11.0. The van der Waals surface area contributed by atoms with Crippen LogP contribution in [0.15, 0.2) is 52.5 Å². The summed E-state index contributed by atoms with van der Waals surface area (Å²) in [5.74, 6) is -2.54.